The molecule has 5 heteroatoms. The van der Waals surface area contributed by atoms with Crippen LogP contribution < -0.4 is 5.32 Å². The van der Waals surface area contributed by atoms with Gasteiger partial charge >= 0.3 is 0 Å². The number of hydrogen-bond acceptors (Lipinski definition) is 3. The molecule has 4 saturated carbocycles. The first-order valence-corrected chi connectivity index (χ1v) is 8.92. The molecule has 19 heavy (non-hydrogen) atoms. The van der Waals surface area contributed by atoms with Crippen LogP contribution in [0.25, 0.3) is 0 Å². The molecule has 0 aromatic heterocycles. The zero-order valence-corrected chi connectivity index (χ0v) is 12.7. The molecule has 2 atom stereocenters. The summed E-state index contributed by atoms with van der Waals surface area (Å²) < 4.78 is 30.6. The Hall–Kier alpha value is -0.130. The Balaban J connectivity index is 1.74. The molecule has 4 bridgehead atoms. The van der Waals surface area contributed by atoms with Crippen LogP contribution in [0.15, 0.2) is 0 Å². The van der Waals surface area contributed by atoms with Crippen molar-refractivity contribution in [1.29, 1.82) is 0 Å². The highest BCUT2D eigenvalue weighted by Crippen LogP contribution is 2.66. The maximum absolute atomic E-state index is 10.9. The normalized spacial score (nSPS) is 48.7. The predicted octanol–water partition coefficient (Wildman–Crippen LogP) is 2.21. The molecule has 4 rings (SSSR count). The Morgan fingerprint density at radius 1 is 1.11 bits per heavy atom. The lowest BCUT2D eigenvalue weighted by Crippen LogP contribution is -2.64. The van der Waals surface area contributed by atoms with Crippen molar-refractivity contribution in [1.82, 2.24) is 5.32 Å². The van der Waals surface area contributed by atoms with E-state index in [0.29, 0.717) is 17.4 Å². The summed E-state index contributed by atoms with van der Waals surface area (Å²) >= 11 is 0. The molecular weight excluding hydrogens is 262 g/mol. The quantitative estimate of drug-likeness (QED) is 0.778. The van der Waals surface area contributed by atoms with Gasteiger partial charge < -0.3 is 5.32 Å². The van der Waals surface area contributed by atoms with Gasteiger partial charge in [0, 0.05) is 12.1 Å². The summed E-state index contributed by atoms with van der Waals surface area (Å²) in [5.41, 5.74) is 0.978. The van der Waals surface area contributed by atoms with Gasteiger partial charge in [0.15, 0.2) is 0 Å². The third kappa shape index (κ3) is 2.69. The highest BCUT2D eigenvalue weighted by atomic mass is 32.2. The topological polar surface area (TPSA) is 66.4 Å². The first-order chi connectivity index (χ1) is 8.61. The highest BCUT2D eigenvalue weighted by Gasteiger charge is 2.59. The summed E-state index contributed by atoms with van der Waals surface area (Å²) in [6.07, 6.45) is 7.51. The second-order valence-electron chi connectivity index (χ2n) is 8.12. The molecule has 0 aliphatic heterocycles. The van der Waals surface area contributed by atoms with E-state index in [9.17, 15) is 8.42 Å². The highest BCUT2D eigenvalue weighted by molar-refractivity contribution is 7.85. The van der Waals surface area contributed by atoms with Crippen molar-refractivity contribution in [2.75, 3.05) is 12.3 Å². The molecule has 4 nitrogen and oxygen atoms in total. The van der Waals surface area contributed by atoms with E-state index in [0.717, 1.165) is 18.8 Å². The van der Waals surface area contributed by atoms with Gasteiger partial charge in [-0.25, -0.2) is 0 Å². The molecule has 110 valence electrons. The summed E-state index contributed by atoms with van der Waals surface area (Å²) in [6.45, 7) is 5.17. The van der Waals surface area contributed by atoms with Crippen molar-refractivity contribution >= 4 is 10.1 Å². The van der Waals surface area contributed by atoms with Crippen LogP contribution in [0.5, 0.6) is 0 Å². The minimum Gasteiger partial charge on any atom is -0.310 e. The largest absolute Gasteiger partial charge is 0.310 e. The lowest BCUT2D eigenvalue weighted by atomic mass is 9.43. The maximum atomic E-state index is 10.9. The van der Waals surface area contributed by atoms with Crippen LogP contribution in [-0.2, 0) is 10.1 Å². The molecule has 0 spiro atoms. The van der Waals surface area contributed by atoms with Gasteiger partial charge in [0.25, 0.3) is 10.1 Å². The average molecular weight is 287 g/mol. The van der Waals surface area contributed by atoms with Gasteiger partial charge in [-0.1, -0.05) is 13.8 Å². The van der Waals surface area contributed by atoms with Crippen LogP contribution >= 0.6 is 0 Å². The molecule has 2 N–H and O–H groups in total. The Bertz CT molecular complexity index is 469. The van der Waals surface area contributed by atoms with Crippen molar-refractivity contribution in [3.05, 3.63) is 0 Å². The average Bonchev–Trinajstić information content (AvgIpc) is 2.07. The van der Waals surface area contributed by atoms with E-state index in [2.05, 4.69) is 19.2 Å². The third-order valence-electron chi connectivity index (χ3n) is 5.49. The fourth-order valence-corrected chi connectivity index (χ4v) is 6.45. The van der Waals surface area contributed by atoms with Gasteiger partial charge in [-0.2, -0.15) is 8.42 Å². The van der Waals surface area contributed by atoms with Crippen LogP contribution in [0, 0.1) is 16.7 Å². The molecular formula is C14H25NO3S. The van der Waals surface area contributed by atoms with Crippen molar-refractivity contribution < 1.29 is 13.0 Å². The number of nitrogens with one attached hydrogen (secondary N) is 1. The third-order valence-corrected chi connectivity index (χ3v) is 6.21. The Morgan fingerprint density at radius 2 is 1.68 bits per heavy atom. The molecule has 0 aromatic carbocycles. The summed E-state index contributed by atoms with van der Waals surface area (Å²) in [7, 11) is -3.85. The number of hydrogen-bond donors (Lipinski definition) is 2. The van der Waals surface area contributed by atoms with E-state index in [1.54, 1.807) is 0 Å². The van der Waals surface area contributed by atoms with Crippen molar-refractivity contribution in [2.45, 2.75) is 57.9 Å². The van der Waals surface area contributed by atoms with Crippen molar-refractivity contribution in [3.63, 3.8) is 0 Å². The summed E-state index contributed by atoms with van der Waals surface area (Å²) in [4.78, 5) is 0. The zero-order valence-electron chi connectivity index (χ0n) is 11.9. The van der Waals surface area contributed by atoms with Gasteiger partial charge in [0.2, 0.25) is 0 Å². The molecule has 0 heterocycles. The number of rotatable bonds is 4. The summed E-state index contributed by atoms with van der Waals surface area (Å²) in [6, 6.07) is 0. The van der Waals surface area contributed by atoms with Crippen molar-refractivity contribution in [3.8, 4) is 0 Å². The van der Waals surface area contributed by atoms with E-state index in [1.807, 2.05) is 0 Å². The molecule has 0 amide bonds. The molecule has 4 fully saturated rings. The second-order valence-corrected chi connectivity index (χ2v) is 9.70. The van der Waals surface area contributed by atoms with Crippen LogP contribution in [0.2, 0.25) is 0 Å². The lowest BCUT2D eigenvalue weighted by molar-refractivity contribution is -0.117. The summed E-state index contributed by atoms with van der Waals surface area (Å²) in [5, 5.41) is 3.50. The minimum absolute atomic E-state index is 0.119. The van der Waals surface area contributed by atoms with Crippen LogP contribution in [0.1, 0.15) is 52.4 Å². The molecule has 0 radical (unpaired) electrons. The second kappa shape index (κ2) is 3.95. The molecule has 0 aromatic rings. The molecule has 4 aliphatic carbocycles. The minimum atomic E-state index is -3.85. The van der Waals surface area contributed by atoms with Crippen LogP contribution in [-0.4, -0.2) is 30.8 Å². The van der Waals surface area contributed by atoms with E-state index < -0.39 is 10.1 Å². The van der Waals surface area contributed by atoms with E-state index in [4.69, 9.17) is 4.55 Å². The smallest absolute Gasteiger partial charge is 0.266 e. The van der Waals surface area contributed by atoms with Gasteiger partial charge in [-0.15, -0.1) is 0 Å². The lowest BCUT2D eigenvalue weighted by Gasteiger charge is -2.65. The fourth-order valence-electron chi connectivity index (χ4n) is 6.09. The fraction of sp³-hybridized carbons (Fsp3) is 1.00. The Morgan fingerprint density at radius 3 is 2.16 bits per heavy atom. The maximum Gasteiger partial charge on any atom is 0.266 e. The van der Waals surface area contributed by atoms with E-state index in [1.165, 1.54) is 25.7 Å². The van der Waals surface area contributed by atoms with Gasteiger partial charge in [0.05, 0.1) is 5.75 Å². The molecule has 4 aliphatic rings. The van der Waals surface area contributed by atoms with Crippen molar-refractivity contribution in [2.24, 2.45) is 16.7 Å². The van der Waals surface area contributed by atoms with E-state index >= 15 is 0 Å². The van der Waals surface area contributed by atoms with Gasteiger partial charge in [0.1, 0.15) is 0 Å². The van der Waals surface area contributed by atoms with Gasteiger partial charge in [-0.3, -0.25) is 4.55 Å². The van der Waals surface area contributed by atoms with Crippen LogP contribution in [0.4, 0.5) is 0 Å². The monoisotopic (exact) mass is 287 g/mol. The Kier molecular flexibility index (Phi) is 2.88. The zero-order chi connectivity index (χ0) is 13.9. The van der Waals surface area contributed by atoms with E-state index in [-0.39, 0.29) is 11.3 Å². The first kappa shape index (κ1) is 13.8. The first-order valence-electron chi connectivity index (χ1n) is 7.31. The van der Waals surface area contributed by atoms with Crippen LogP contribution in [0.3, 0.4) is 0 Å². The molecule has 2 unspecified atom stereocenters. The Labute approximate surface area is 116 Å². The SMILES string of the molecule is CC12CC3CC(C)(C1)CC(NCCS(=O)(=O)O)(C3)C2. The predicted molar refractivity (Wildman–Crippen MR) is 74.6 cm³/mol. The molecule has 0 saturated heterocycles. The van der Waals surface area contributed by atoms with Gasteiger partial charge in [-0.05, 0) is 55.3 Å². The summed E-state index contributed by atoms with van der Waals surface area (Å²) in [5.74, 6) is 0.622. The standard InChI is InChI=1S/C14H25NO3S/c1-12-5-11-6-13(2,8-12)10-14(7-11,9-12)15-3-4-19(16,17)18/h11,15H,3-10H2,1-2H3,(H,16,17,18).